The molecule has 0 aromatic heterocycles. The van der Waals surface area contributed by atoms with Crippen LogP contribution in [0.5, 0.6) is 0 Å². The van der Waals surface area contributed by atoms with Gasteiger partial charge < -0.3 is 10.2 Å². The molecule has 1 N–H and O–H groups in total. The first-order chi connectivity index (χ1) is 17.7. The number of rotatable bonds is 9. The number of fused-ring (bicyclic) bond motifs is 1. The first-order valence-corrected chi connectivity index (χ1v) is 14.1. The van der Waals surface area contributed by atoms with Crippen molar-refractivity contribution < 1.29 is 27.2 Å². The molecule has 2 aromatic rings. The van der Waals surface area contributed by atoms with Gasteiger partial charge in [-0.2, -0.15) is 0 Å². The van der Waals surface area contributed by atoms with Crippen molar-refractivity contribution in [3.8, 4) is 0 Å². The zero-order valence-electron chi connectivity index (χ0n) is 20.9. The van der Waals surface area contributed by atoms with Crippen LogP contribution >= 0.6 is 0 Å². The van der Waals surface area contributed by atoms with E-state index in [-0.39, 0.29) is 53.9 Å². The molecule has 1 atom stereocenters. The molecule has 8 nitrogen and oxygen atoms in total. The van der Waals surface area contributed by atoms with E-state index in [1.54, 1.807) is 37.3 Å². The molecule has 10 heteroatoms. The van der Waals surface area contributed by atoms with Crippen LogP contribution in [-0.4, -0.2) is 54.0 Å². The number of nitrogens with zero attached hydrogens (tertiary/aromatic N) is 2. The largest absolute Gasteiger partial charge is 0.352 e. The molecule has 1 aliphatic heterocycles. The summed E-state index contributed by atoms with van der Waals surface area (Å²) in [6, 6.07) is 11.3. The van der Waals surface area contributed by atoms with Gasteiger partial charge in [0.15, 0.2) is 0 Å². The van der Waals surface area contributed by atoms with Crippen molar-refractivity contribution in [3.63, 3.8) is 0 Å². The van der Waals surface area contributed by atoms with Crippen molar-refractivity contribution in [2.75, 3.05) is 6.54 Å². The highest BCUT2D eigenvalue weighted by Crippen LogP contribution is 2.30. The fourth-order valence-electron chi connectivity index (χ4n) is 4.93. The molecular formula is C27H32FN3O5S. The molecule has 0 radical (unpaired) electrons. The third-order valence-corrected chi connectivity index (χ3v) is 8.92. The monoisotopic (exact) mass is 529 g/mol. The predicted molar refractivity (Wildman–Crippen MR) is 135 cm³/mol. The van der Waals surface area contributed by atoms with Crippen LogP contribution in [0.3, 0.4) is 0 Å². The lowest BCUT2D eigenvalue weighted by Gasteiger charge is -2.31. The fraction of sp³-hybridized carbons (Fsp3) is 0.444. The summed E-state index contributed by atoms with van der Waals surface area (Å²) in [7, 11) is -3.97. The Labute approximate surface area is 216 Å². The number of carbonyl (C=O) groups excluding carboxylic acids is 3. The Morgan fingerprint density at radius 1 is 1.08 bits per heavy atom. The highest BCUT2D eigenvalue weighted by atomic mass is 32.2. The van der Waals surface area contributed by atoms with Gasteiger partial charge in [-0.15, -0.1) is 0 Å². The van der Waals surface area contributed by atoms with E-state index in [4.69, 9.17) is 0 Å². The Morgan fingerprint density at radius 2 is 1.76 bits per heavy atom. The standard InChI is InChI=1S/C27H32FN3O5S/c1-19(26(33)29-21-11-3-2-4-12-21)30(18-20-10-5-7-14-23(20)28)25(32)16-9-17-31-27(34)22-13-6-8-15-24(22)37(31,35)36/h5-8,10,13-15,19,21H,2-4,9,11-12,16-18H2,1H3,(H,29,33). The minimum atomic E-state index is -3.97. The van der Waals surface area contributed by atoms with Crippen LogP contribution in [0.15, 0.2) is 53.4 Å². The molecule has 2 aliphatic rings. The van der Waals surface area contributed by atoms with E-state index < -0.39 is 33.7 Å². The average molecular weight is 530 g/mol. The quantitative estimate of drug-likeness (QED) is 0.535. The smallest absolute Gasteiger partial charge is 0.269 e. The molecule has 3 amide bonds. The number of benzene rings is 2. The number of carbonyl (C=O) groups is 3. The van der Waals surface area contributed by atoms with Crippen molar-refractivity contribution in [2.45, 2.75) is 75.4 Å². The molecule has 198 valence electrons. The van der Waals surface area contributed by atoms with Gasteiger partial charge in [-0.3, -0.25) is 14.4 Å². The van der Waals surface area contributed by atoms with Gasteiger partial charge in [0.2, 0.25) is 11.8 Å². The highest BCUT2D eigenvalue weighted by molar-refractivity contribution is 7.90. The zero-order valence-corrected chi connectivity index (χ0v) is 21.7. The maximum Gasteiger partial charge on any atom is 0.269 e. The summed E-state index contributed by atoms with van der Waals surface area (Å²) in [5, 5.41) is 3.02. The van der Waals surface area contributed by atoms with Crippen LogP contribution in [0.2, 0.25) is 0 Å². The van der Waals surface area contributed by atoms with Crippen LogP contribution in [0.1, 0.15) is 67.8 Å². The predicted octanol–water partition coefficient (Wildman–Crippen LogP) is 3.62. The summed E-state index contributed by atoms with van der Waals surface area (Å²) >= 11 is 0. The molecule has 0 bridgehead atoms. The molecule has 37 heavy (non-hydrogen) atoms. The Bertz CT molecular complexity index is 1280. The molecule has 1 aliphatic carbocycles. The number of hydrogen-bond donors (Lipinski definition) is 1. The van der Waals surface area contributed by atoms with E-state index in [0.717, 1.165) is 36.4 Å². The lowest BCUT2D eigenvalue weighted by Crippen LogP contribution is -2.50. The third kappa shape index (κ3) is 5.84. The lowest BCUT2D eigenvalue weighted by atomic mass is 9.95. The zero-order chi connectivity index (χ0) is 26.6. The van der Waals surface area contributed by atoms with E-state index >= 15 is 0 Å². The second-order valence-electron chi connectivity index (χ2n) is 9.61. The second-order valence-corrected chi connectivity index (χ2v) is 11.4. The second kappa shape index (κ2) is 11.4. The molecular weight excluding hydrogens is 497 g/mol. The van der Waals surface area contributed by atoms with Crippen molar-refractivity contribution in [1.82, 2.24) is 14.5 Å². The van der Waals surface area contributed by atoms with Gasteiger partial charge in [-0.25, -0.2) is 17.1 Å². The topological polar surface area (TPSA) is 104 Å². The van der Waals surface area contributed by atoms with E-state index in [2.05, 4.69) is 5.32 Å². The Balaban J connectivity index is 1.44. The maximum atomic E-state index is 14.4. The van der Waals surface area contributed by atoms with Crippen LogP contribution in [0.4, 0.5) is 4.39 Å². The SMILES string of the molecule is CC(C(=O)NC1CCCCC1)N(Cc1ccccc1F)C(=O)CCCN1C(=O)c2ccccc2S1(=O)=O. The molecule has 1 unspecified atom stereocenters. The Hall–Kier alpha value is -3.27. The minimum Gasteiger partial charge on any atom is -0.352 e. The number of sulfonamides is 1. The first kappa shape index (κ1) is 26.8. The van der Waals surface area contributed by atoms with Gasteiger partial charge in [0.1, 0.15) is 16.8 Å². The highest BCUT2D eigenvalue weighted by Gasteiger charge is 2.40. The van der Waals surface area contributed by atoms with Gasteiger partial charge in [0, 0.05) is 31.1 Å². The molecule has 1 saturated carbocycles. The molecule has 4 rings (SSSR count). The summed E-state index contributed by atoms with van der Waals surface area (Å²) in [4.78, 5) is 40.3. The number of amides is 3. The van der Waals surface area contributed by atoms with Crippen LogP contribution in [0, 0.1) is 5.82 Å². The van der Waals surface area contributed by atoms with Crippen molar-refractivity contribution in [2.24, 2.45) is 0 Å². The molecule has 0 saturated heterocycles. The third-order valence-electron chi connectivity index (χ3n) is 7.08. The van der Waals surface area contributed by atoms with Gasteiger partial charge in [-0.1, -0.05) is 49.6 Å². The summed E-state index contributed by atoms with van der Waals surface area (Å²) in [6.07, 6.45) is 4.97. The molecule has 2 aromatic carbocycles. The lowest BCUT2D eigenvalue weighted by molar-refractivity contribution is -0.141. The van der Waals surface area contributed by atoms with E-state index in [1.807, 2.05) is 0 Å². The minimum absolute atomic E-state index is 0.0412. The Kier molecular flexibility index (Phi) is 8.26. The van der Waals surface area contributed by atoms with Gasteiger partial charge in [0.05, 0.1) is 5.56 Å². The normalized spacial score (nSPS) is 17.8. The van der Waals surface area contributed by atoms with Crippen molar-refractivity contribution >= 4 is 27.7 Å². The summed E-state index contributed by atoms with van der Waals surface area (Å²) in [6.45, 7) is 1.34. The summed E-state index contributed by atoms with van der Waals surface area (Å²) in [5.74, 6) is -1.82. The number of hydrogen-bond acceptors (Lipinski definition) is 5. The van der Waals surface area contributed by atoms with Gasteiger partial charge >= 0.3 is 0 Å². The molecule has 1 fully saturated rings. The average Bonchev–Trinajstić information content (AvgIpc) is 3.09. The van der Waals surface area contributed by atoms with Gasteiger partial charge in [-0.05, 0) is 44.4 Å². The summed E-state index contributed by atoms with van der Waals surface area (Å²) < 4.78 is 40.8. The molecule has 1 heterocycles. The van der Waals surface area contributed by atoms with Crippen molar-refractivity contribution in [1.29, 1.82) is 0 Å². The van der Waals surface area contributed by atoms with Gasteiger partial charge in [0.25, 0.3) is 15.9 Å². The van der Waals surface area contributed by atoms with Crippen molar-refractivity contribution in [3.05, 3.63) is 65.5 Å². The molecule has 0 spiro atoms. The van der Waals surface area contributed by atoms with E-state index in [1.165, 1.54) is 23.1 Å². The first-order valence-electron chi connectivity index (χ1n) is 12.7. The number of halogens is 1. The van der Waals surface area contributed by atoms with E-state index in [0.29, 0.717) is 0 Å². The van der Waals surface area contributed by atoms with E-state index in [9.17, 15) is 27.2 Å². The maximum absolute atomic E-state index is 14.4. The van der Waals surface area contributed by atoms with Crippen LogP contribution in [0.25, 0.3) is 0 Å². The Morgan fingerprint density at radius 3 is 2.46 bits per heavy atom. The van der Waals surface area contributed by atoms with Crippen LogP contribution in [-0.2, 0) is 26.2 Å². The number of nitrogens with one attached hydrogen (secondary N) is 1. The summed E-state index contributed by atoms with van der Waals surface area (Å²) in [5.41, 5.74) is 0.393. The van der Waals surface area contributed by atoms with Crippen LogP contribution < -0.4 is 5.32 Å². The fourth-order valence-corrected chi connectivity index (χ4v) is 6.54.